The van der Waals surface area contributed by atoms with Crippen molar-refractivity contribution in [2.45, 2.75) is 72.0 Å². The molecule has 0 aromatic carbocycles. The maximum absolute atomic E-state index is 4.87. The fourth-order valence-corrected chi connectivity index (χ4v) is 2.48. The highest BCUT2D eigenvalue weighted by Gasteiger charge is 2.20. The Balaban J connectivity index is 2.23. The minimum atomic E-state index is 0.473. The number of nitrogens with one attached hydrogen (secondary N) is 1. The molecule has 0 bridgehead atoms. The van der Waals surface area contributed by atoms with E-state index in [9.17, 15) is 0 Å². The molecule has 1 aromatic heterocycles. The van der Waals surface area contributed by atoms with Crippen LogP contribution >= 0.6 is 0 Å². The number of rotatable bonds is 7. The first kappa shape index (κ1) is 15.3. The molecule has 1 aromatic rings. The summed E-state index contributed by atoms with van der Waals surface area (Å²) in [4.78, 5) is 7.23. The summed E-state index contributed by atoms with van der Waals surface area (Å²) >= 11 is 0. The average molecular weight is 275 g/mol. The summed E-state index contributed by atoms with van der Waals surface area (Å²) in [7, 11) is 0. The molecule has 112 valence electrons. The highest BCUT2D eigenvalue weighted by atomic mass is 15.2. The highest BCUT2D eigenvalue weighted by Crippen LogP contribution is 2.23. The first-order valence-corrected chi connectivity index (χ1v) is 8.02. The molecule has 0 atom stereocenters. The summed E-state index contributed by atoms with van der Waals surface area (Å²) in [5.74, 6) is 1.60. The molecule has 0 amide bonds. The van der Waals surface area contributed by atoms with Gasteiger partial charge >= 0.3 is 0 Å². The Bertz CT molecular complexity index is 436. The minimum absolute atomic E-state index is 0.473. The predicted molar refractivity (Wildman–Crippen MR) is 86.3 cm³/mol. The van der Waals surface area contributed by atoms with Crippen molar-refractivity contribution in [3.05, 3.63) is 23.4 Å². The van der Waals surface area contributed by atoms with E-state index in [0.29, 0.717) is 12.0 Å². The van der Waals surface area contributed by atoms with Gasteiger partial charge in [0.1, 0.15) is 5.82 Å². The zero-order chi connectivity index (χ0) is 14.7. The zero-order valence-corrected chi connectivity index (χ0v) is 13.6. The molecule has 0 aliphatic heterocycles. The zero-order valence-electron chi connectivity index (χ0n) is 13.6. The lowest BCUT2D eigenvalue weighted by Gasteiger charge is -2.27. The summed E-state index contributed by atoms with van der Waals surface area (Å²) in [6, 6.07) is 5.75. The van der Waals surface area contributed by atoms with Crippen molar-refractivity contribution in [3.8, 4) is 0 Å². The molecule has 1 aliphatic carbocycles. The molecule has 0 radical (unpaired) electrons. The molecular formula is C17H29N3. The van der Waals surface area contributed by atoms with Crippen LogP contribution in [0.5, 0.6) is 0 Å². The normalized spacial score (nSPS) is 15.2. The third-order valence-corrected chi connectivity index (χ3v) is 3.91. The van der Waals surface area contributed by atoms with Gasteiger partial charge in [-0.25, -0.2) is 4.98 Å². The third-order valence-electron chi connectivity index (χ3n) is 3.91. The van der Waals surface area contributed by atoms with Gasteiger partial charge in [0.15, 0.2) is 0 Å². The number of pyridine rings is 1. The molecule has 0 unspecified atom stereocenters. The molecule has 1 N–H and O–H groups in total. The topological polar surface area (TPSA) is 28.2 Å². The van der Waals surface area contributed by atoms with Crippen LogP contribution in [0.15, 0.2) is 12.1 Å². The Kier molecular flexibility index (Phi) is 5.03. The largest absolute Gasteiger partial charge is 0.354 e. The minimum Gasteiger partial charge on any atom is -0.354 e. The number of nitrogens with zero attached hydrogens (tertiary/aromatic N) is 2. The molecule has 2 rings (SSSR count). The van der Waals surface area contributed by atoms with E-state index >= 15 is 0 Å². The van der Waals surface area contributed by atoms with Crippen molar-refractivity contribution in [2.24, 2.45) is 0 Å². The molecule has 0 spiro atoms. The van der Waals surface area contributed by atoms with Gasteiger partial charge in [0.2, 0.25) is 0 Å². The third kappa shape index (κ3) is 3.95. The summed E-state index contributed by atoms with van der Waals surface area (Å²) in [5.41, 5.74) is 2.57. The number of anilines is 1. The Morgan fingerprint density at radius 3 is 2.45 bits per heavy atom. The van der Waals surface area contributed by atoms with Crippen molar-refractivity contribution in [2.75, 3.05) is 11.4 Å². The van der Waals surface area contributed by atoms with E-state index in [1.807, 2.05) is 0 Å². The van der Waals surface area contributed by atoms with E-state index in [2.05, 4.69) is 57.0 Å². The number of hydrogen-bond acceptors (Lipinski definition) is 3. The maximum Gasteiger partial charge on any atom is 0.129 e. The van der Waals surface area contributed by atoms with Crippen LogP contribution in [0.4, 0.5) is 5.82 Å². The SMILES string of the molecule is CCN(c1cc(CNC2CC2)cc(C(C)C)n1)C(C)C. The summed E-state index contributed by atoms with van der Waals surface area (Å²) in [5, 5.41) is 3.61. The van der Waals surface area contributed by atoms with E-state index in [-0.39, 0.29) is 0 Å². The fraction of sp³-hybridized carbons (Fsp3) is 0.706. The fourth-order valence-electron chi connectivity index (χ4n) is 2.48. The van der Waals surface area contributed by atoms with Crippen LogP contribution < -0.4 is 10.2 Å². The lowest BCUT2D eigenvalue weighted by atomic mass is 10.1. The van der Waals surface area contributed by atoms with E-state index in [1.54, 1.807) is 0 Å². The maximum atomic E-state index is 4.87. The first-order chi connectivity index (χ1) is 9.51. The Hall–Kier alpha value is -1.09. The lowest BCUT2D eigenvalue weighted by molar-refractivity contribution is 0.670. The molecular weight excluding hydrogens is 246 g/mol. The van der Waals surface area contributed by atoms with E-state index in [1.165, 1.54) is 24.1 Å². The van der Waals surface area contributed by atoms with Crippen LogP contribution in [0.1, 0.15) is 64.6 Å². The van der Waals surface area contributed by atoms with Crippen molar-refractivity contribution in [1.82, 2.24) is 10.3 Å². The van der Waals surface area contributed by atoms with Gasteiger partial charge in [-0.2, -0.15) is 0 Å². The summed E-state index contributed by atoms with van der Waals surface area (Å²) in [6.07, 6.45) is 2.67. The molecule has 20 heavy (non-hydrogen) atoms. The monoisotopic (exact) mass is 275 g/mol. The summed E-state index contributed by atoms with van der Waals surface area (Å²) < 4.78 is 0. The highest BCUT2D eigenvalue weighted by molar-refractivity contribution is 5.44. The standard InChI is InChI=1S/C17H29N3/c1-6-20(13(4)5)17-10-14(11-18-15-7-8-15)9-16(19-17)12(2)3/h9-10,12-13,15,18H,6-8,11H2,1-5H3. The van der Waals surface area contributed by atoms with Crippen LogP contribution in [0.3, 0.4) is 0 Å². The summed E-state index contributed by atoms with van der Waals surface area (Å²) in [6.45, 7) is 13.1. The number of aromatic nitrogens is 1. The van der Waals surface area contributed by atoms with Gasteiger partial charge in [-0.1, -0.05) is 13.8 Å². The van der Waals surface area contributed by atoms with Crippen molar-refractivity contribution in [3.63, 3.8) is 0 Å². The van der Waals surface area contributed by atoms with Gasteiger partial charge < -0.3 is 10.2 Å². The molecule has 1 fully saturated rings. The molecule has 3 nitrogen and oxygen atoms in total. The van der Waals surface area contributed by atoms with Crippen LogP contribution in [0.2, 0.25) is 0 Å². The average Bonchev–Trinajstić information content (AvgIpc) is 3.20. The molecule has 1 heterocycles. The van der Waals surface area contributed by atoms with Crippen LogP contribution in [0.25, 0.3) is 0 Å². The predicted octanol–water partition coefficient (Wildman–Crippen LogP) is 3.69. The van der Waals surface area contributed by atoms with Crippen LogP contribution in [0, 0.1) is 0 Å². The second-order valence-corrected chi connectivity index (χ2v) is 6.45. The van der Waals surface area contributed by atoms with Crippen molar-refractivity contribution in [1.29, 1.82) is 0 Å². The van der Waals surface area contributed by atoms with Gasteiger partial charge in [-0.15, -0.1) is 0 Å². The second kappa shape index (κ2) is 6.57. The molecule has 3 heteroatoms. The van der Waals surface area contributed by atoms with Crippen molar-refractivity contribution >= 4 is 5.82 Å². The van der Waals surface area contributed by atoms with Crippen molar-refractivity contribution < 1.29 is 0 Å². The van der Waals surface area contributed by atoms with Gasteiger partial charge in [0.25, 0.3) is 0 Å². The van der Waals surface area contributed by atoms with Gasteiger partial charge in [0.05, 0.1) is 0 Å². The number of hydrogen-bond donors (Lipinski definition) is 1. The Labute approximate surface area is 123 Å². The quantitative estimate of drug-likeness (QED) is 0.822. The lowest BCUT2D eigenvalue weighted by Crippen LogP contribution is -2.31. The first-order valence-electron chi connectivity index (χ1n) is 8.02. The van der Waals surface area contributed by atoms with E-state index in [0.717, 1.165) is 24.9 Å². The van der Waals surface area contributed by atoms with E-state index in [4.69, 9.17) is 4.98 Å². The molecule has 1 saturated carbocycles. The van der Waals surface area contributed by atoms with Crippen LogP contribution in [-0.4, -0.2) is 23.6 Å². The smallest absolute Gasteiger partial charge is 0.129 e. The Morgan fingerprint density at radius 1 is 1.25 bits per heavy atom. The van der Waals surface area contributed by atoms with Gasteiger partial charge in [0, 0.05) is 30.9 Å². The Morgan fingerprint density at radius 2 is 1.95 bits per heavy atom. The van der Waals surface area contributed by atoms with E-state index < -0.39 is 0 Å². The molecule has 1 aliphatic rings. The van der Waals surface area contributed by atoms with Gasteiger partial charge in [-0.3, -0.25) is 0 Å². The second-order valence-electron chi connectivity index (χ2n) is 6.45. The molecule has 0 saturated heterocycles. The van der Waals surface area contributed by atoms with Gasteiger partial charge in [-0.05, 0) is 57.2 Å². The van der Waals surface area contributed by atoms with Crippen LogP contribution in [-0.2, 0) is 6.54 Å².